The van der Waals surface area contributed by atoms with Crippen LogP contribution in [0.15, 0.2) is 0 Å². The molecule has 4 N–H and O–H groups in total. The van der Waals surface area contributed by atoms with Crippen LogP contribution in [0.25, 0.3) is 0 Å². The van der Waals surface area contributed by atoms with Crippen LogP contribution in [0.5, 0.6) is 0 Å². The molecule has 2 heterocycles. The standard InChI is InChI=1S/C13H29N3O3.C7H17N3/c1-16-6-12-18-10-4-14-2-8-17-9-3-15-5-11-19-13-7-16;1-10-6-4-8-2-3-9-5-7-10/h14-15H,2-13H2,1H3;8-9H,2-7H2,1H3. The van der Waals surface area contributed by atoms with E-state index in [0.29, 0.717) is 0 Å². The third kappa shape index (κ3) is 19.4. The molecule has 174 valence electrons. The van der Waals surface area contributed by atoms with E-state index in [1.54, 1.807) is 0 Å². The SMILES string of the molecule is CN1CCNCCNCC1.CN1CCOCCNCCOCCNCCOCC1. The number of likely N-dealkylation sites (N-methyl/N-ethyl adjacent to an activating group) is 2. The van der Waals surface area contributed by atoms with Gasteiger partial charge in [-0.1, -0.05) is 0 Å². The zero-order valence-corrected chi connectivity index (χ0v) is 18.8. The van der Waals surface area contributed by atoms with Crippen molar-refractivity contribution in [1.82, 2.24) is 31.1 Å². The van der Waals surface area contributed by atoms with E-state index in [1.165, 1.54) is 13.1 Å². The van der Waals surface area contributed by atoms with Gasteiger partial charge in [0.05, 0.1) is 39.6 Å². The smallest absolute Gasteiger partial charge is 0.0593 e. The number of nitrogens with one attached hydrogen (secondary N) is 4. The van der Waals surface area contributed by atoms with E-state index in [1.807, 2.05) is 0 Å². The Bertz CT molecular complexity index is 313. The maximum absolute atomic E-state index is 5.55. The first-order valence-corrected chi connectivity index (χ1v) is 11.2. The van der Waals surface area contributed by atoms with Crippen molar-refractivity contribution in [1.29, 1.82) is 0 Å². The molecule has 2 aliphatic heterocycles. The molecule has 29 heavy (non-hydrogen) atoms. The average molecular weight is 419 g/mol. The van der Waals surface area contributed by atoms with Crippen LogP contribution < -0.4 is 21.3 Å². The number of rotatable bonds is 0. The molecule has 2 aliphatic rings. The zero-order chi connectivity index (χ0) is 20.8. The van der Waals surface area contributed by atoms with Crippen LogP contribution in [0.4, 0.5) is 0 Å². The van der Waals surface area contributed by atoms with Crippen molar-refractivity contribution in [3.8, 4) is 0 Å². The van der Waals surface area contributed by atoms with Gasteiger partial charge in [0.15, 0.2) is 0 Å². The molecule has 9 nitrogen and oxygen atoms in total. The Morgan fingerprint density at radius 2 is 0.759 bits per heavy atom. The van der Waals surface area contributed by atoms with Crippen LogP contribution in [-0.4, -0.2) is 142 Å². The highest BCUT2D eigenvalue weighted by molar-refractivity contribution is 4.61. The van der Waals surface area contributed by atoms with Crippen LogP contribution in [0.2, 0.25) is 0 Å². The van der Waals surface area contributed by atoms with Crippen molar-refractivity contribution in [3.63, 3.8) is 0 Å². The van der Waals surface area contributed by atoms with Gasteiger partial charge < -0.3 is 45.3 Å². The highest BCUT2D eigenvalue weighted by atomic mass is 16.5. The maximum atomic E-state index is 5.55. The summed E-state index contributed by atoms with van der Waals surface area (Å²) in [6.45, 7) is 16.8. The van der Waals surface area contributed by atoms with Gasteiger partial charge in [-0.3, -0.25) is 0 Å². The zero-order valence-electron chi connectivity index (χ0n) is 18.8. The molecule has 2 rings (SSSR count). The van der Waals surface area contributed by atoms with Crippen LogP contribution >= 0.6 is 0 Å². The topological polar surface area (TPSA) is 82.3 Å². The number of ether oxygens (including phenoxy) is 3. The van der Waals surface area contributed by atoms with Crippen molar-refractivity contribution in [2.45, 2.75) is 0 Å². The Hall–Kier alpha value is -0.360. The fourth-order valence-corrected chi connectivity index (χ4v) is 2.76. The molecule has 0 unspecified atom stereocenters. The number of nitrogens with zero attached hydrogens (tertiary/aromatic N) is 2. The number of hydrogen-bond donors (Lipinski definition) is 4. The van der Waals surface area contributed by atoms with Crippen LogP contribution in [-0.2, 0) is 14.2 Å². The summed E-state index contributed by atoms with van der Waals surface area (Å²) in [5, 5.41) is 13.3. The van der Waals surface area contributed by atoms with Gasteiger partial charge in [-0.2, -0.15) is 0 Å². The Labute approximate surface area is 178 Å². The Balaban J connectivity index is 0.000000352. The van der Waals surface area contributed by atoms with Gasteiger partial charge in [0.25, 0.3) is 0 Å². The molecule has 0 aliphatic carbocycles. The Kier molecular flexibility index (Phi) is 19.2. The lowest BCUT2D eigenvalue weighted by molar-refractivity contribution is 0.0810. The van der Waals surface area contributed by atoms with E-state index in [4.69, 9.17) is 14.2 Å². The van der Waals surface area contributed by atoms with Gasteiger partial charge in [0.2, 0.25) is 0 Å². The van der Waals surface area contributed by atoms with E-state index >= 15 is 0 Å². The summed E-state index contributed by atoms with van der Waals surface area (Å²) in [6.07, 6.45) is 0. The molecule has 2 saturated heterocycles. The lowest BCUT2D eigenvalue weighted by atomic mass is 10.5. The van der Waals surface area contributed by atoms with Crippen molar-refractivity contribution in [2.24, 2.45) is 0 Å². The summed E-state index contributed by atoms with van der Waals surface area (Å²) in [4.78, 5) is 4.57. The molecule has 0 saturated carbocycles. The van der Waals surface area contributed by atoms with E-state index in [-0.39, 0.29) is 0 Å². The molecular formula is C20H46N6O3. The lowest BCUT2D eigenvalue weighted by Crippen LogP contribution is -2.31. The third-order valence-electron chi connectivity index (χ3n) is 4.75. The molecule has 0 amide bonds. The van der Waals surface area contributed by atoms with Crippen LogP contribution in [0, 0.1) is 0 Å². The Morgan fingerprint density at radius 3 is 1.21 bits per heavy atom. The first-order valence-electron chi connectivity index (χ1n) is 11.2. The normalized spacial score (nSPS) is 24.6. The van der Waals surface area contributed by atoms with Crippen molar-refractivity contribution in [2.75, 3.05) is 132 Å². The van der Waals surface area contributed by atoms with E-state index in [2.05, 4.69) is 45.2 Å². The molecule has 0 aromatic carbocycles. The second kappa shape index (κ2) is 20.9. The van der Waals surface area contributed by atoms with Gasteiger partial charge in [-0.05, 0) is 14.1 Å². The second-order valence-electron chi connectivity index (χ2n) is 7.44. The largest absolute Gasteiger partial charge is 0.379 e. The molecule has 0 radical (unpaired) electrons. The predicted octanol–water partition coefficient (Wildman–Crippen LogP) is -1.73. The molecule has 2 fully saturated rings. The fraction of sp³-hybridized carbons (Fsp3) is 1.00. The minimum absolute atomic E-state index is 0.751. The summed E-state index contributed by atoms with van der Waals surface area (Å²) in [7, 11) is 4.26. The summed E-state index contributed by atoms with van der Waals surface area (Å²) >= 11 is 0. The first kappa shape index (κ1) is 26.7. The summed E-state index contributed by atoms with van der Waals surface area (Å²) in [5.74, 6) is 0. The molecule has 0 aromatic rings. The molecule has 0 atom stereocenters. The van der Waals surface area contributed by atoms with Crippen molar-refractivity contribution >= 4 is 0 Å². The quantitative estimate of drug-likeness (QED) is 0.367. The molecule has 0 aromatic heterocycles. The minimum Gasteiger partial charge on any atom is -0.379 e. The summed E-state index contributed by atoms with van der Waals surface area (Å²) < 4.78 is 16.6. The predicted molar refractivity (Wildman–Crippen MR) is 119 cm³/mol. The maximum Gasteiger partial charge on any atom is 0.0593 e. The molecule has 0 bridgehead atoms. The summed E-state index contributed by atoms with van der Waals surface area (Å²) in [6, 6.07) is 0. The van der Waals surface area contributed by atoms with Gasteiger partial charge in [-0.15, -0.1) is 0 Å². The van der Waals surface area contributed by atoms with Crippen LogP contribution in [0.3, 0.4) is 0 Å². The average Bonchev–Trinajstić information content (AvgIpc) is 2.84. The number of hydrogen-bond acceptors (Lipinski definition) is 9. The van der Waals surface area contributed by atoms with E-state index in [0.717, 1.165) is 105 Å². The van der Waals surface area contributed by atoms with Crippen molar-refractivity contribution < 1.29 is 14.2 Å². The minimum atomic E-state index is 0.751. The third-order valence-corrected chi connectivity index (χ3v) is 4.75. The monoisotopic (exact) mass is 418 g/mol. The van der Waals surface area contributed by atoms with Crippen molar-refractivity contribution in [3.05, 3.63) is 0 Å². The second-order valence-corrected chi connectivity index (χ2v) is 7.44. The lowest BCUT2D eigenvalue weighted by Gasteiger charge is -2.17. The fourth-order valence-electron chi connectivity index (χ4n) is 2.76. The highest BCUT2D eigenvalue weighted by Crippen LogP contribution is 1.85. The summed E-state index contributed by atoms with van der Waals surface area (Å²) in [5.41, 5.74) is 0. The highest BCUT2D eigenvalue weighted by Gasteiger charge is 2.00. The van der Waals surface area contributed by atoms with Gasteiger partial charge in [0, 0.05) is 78.5 Å². The Morgan fingerprint density at radius 1 is 0.414 bits per heavy atom. The molecule has 0 spiro atoms. The molecular weight excluding hydrogens is 372 g/mol. The van der Waals surface area contributed by atoms with Gasteiger partial charge >= 0.3 is 0 Å². The molecule has 9 heteroatoms. The van der Waals surface area contributed by atoms with Crippen LogP contribution in [0.1, 0.15) is 0 Å². The first-order chi connectivity index (χ1) is 14.3. The van der Waals surface area contributed by atoms with Gasteiger partial charge in [0.1, 0.15) is 0 Å². The van der Waals surface area contributed by atoms with E-state index in [9.17, 15) is 0 Å². The van der Waals surface area contributed by atoms with Gasteiger partial charge in [-0.25, -0.2) is 0 Å². The van der Waals surface area contributed by atoms with E-state index < -0.39 is 0 Å².